The van der Waals surface area contributed by atoms with Gasteiger partial charge in [0, 0.05) is 7.11 Å². The van der Waals surface area contributed by atoms with Crippen molar-refractivity contribution in [3.63, 3.8) is 0 Å². The van der Waals surface area contributed by atoms with E-state index in [0.717, 1.165) is 16.6 Å². The molecule has 1 aromatic rings. The number of aliphatic hydroxyl groups excluding tert-OH is 1. The highest BCUT2D eigenvalue weighted by Gasteiger charge is 2.41. The van der Waals surface area contributed by atoms with Crippen LogP contribution in [0.25, 0.3) is 0 Å². The summed E-state index contributed by atoms with van der Waals surface area (Å²) in [5.41, 5.74) is 1.08. The fourth-order valence-corrected chi connectivity index (χ4v) is 3.68. The molecule has 0 aromatic carbocycles. The summed E-state index contributed by atoms with van der Waals surface area (Å²) in [5.74, 6) is 0.293. The number of rotatable bonds is 5. The summed E-state index contributed by atoms with van der Waals surface area (Å²) >= 11 is 3.51. The van der Waals surface area contributed by atoms with Crippen LogP contribution in [0.4, 0.5) is 0 Å². The predicted molar refractivity (Wildman–Crippen MR) is 77.9 cm³/mol. The summed E-state index contributed by atoms with van der Waals surface area (Å²) in [6, 6.07) is 0. The molecule has 1 saturated carbocycles. The molecule has 1 aliphatic rings. The van der Waals surface area contributed by atoms with Crippen LogP contribution >= 0.6 is 15.9 Å². The maximum absolute atomic E-state index is 10.8. The Morgan fingerprint density at radius 3 is 2.95 bits per heavy atom. The molecule has 0 aliphatic heterocycles. The lowest BCUT2D eigenvalue weighted by molar-refractivity contribution is 0.0445. The lowest BCUT2D eigenvalue weighted by Crippen LogP contribution is -2.26. The van der Waals surface area contributed by atoms with E-state index >= 15 is 0 Å². The van der Waals surface area contributed by atoms with E-state index in [0.29, 0.717) is 19.1 Å². The van der Waals surface area contributed by atoms with Crippen molar-refractivity contribution in [3.8, 4) is 0 Å². The molecule has 5 heteroatoms. The van der Waals surface area contributed by atoms with Gasteiger partial charge in [0.05, 0.1) is 29.5 Å². The topological polar surface area (TPSA) is 47.3 Å². The van der Waals surface area contributed by atoms with E-state index in [1.165, 1.54) is 12.8 Å². The lowest BCUT2D eigenvalue weighted by Gasteiger charge is -2.31. The van der Waals surface area contributed by atoms with Crippen molar-refractivity contribution in [2.75, 3.05) is 13.7 Å². The van der Waals surface area contributed by atoms with Gasteiger partial charge in [-0.1, -0.05) is 20.3 Å². The molecule has 1 fully saturated rings. The summed E-state index contributed by atoms with van der Waals surface area (Å²) in [7, 11) is 1.68. The number of hydrogen-bond donors (Lipinski definition) is 1. The Hall–Kier alpha value is -0.390. The summed E-state index contributed by atoms with van der Waals surface area (Å²) < 4.78 is 7.84. The number of methoxy groups -OCH3 is 1. The Morgan fingerprint density at radius 1 is 1.63 bits per heavy atom. The Kier molecular flexibility index (Phi) is 4.69. The number of aliphatic hydroxyl groups is 1. The molecule has 1 heterocycles. The van der Waals surface area contributed by atoms with Gasteiger partial charge in [-0.2, -0.15) is 5.10 Å². The molecular weight excluding hydrogens is 308 g/mol. The van der Waals surface area contributed by atoms with E-state index in [4.69, 9.17) is 4.74 Å². The van der Waals surface area contributed by atoms with Crippen molar-refractivity contribution in [2.45, 2.75) is 45.8 Å². The molecule has 1 N–H and O–H groups in total. The lowest BCUT2D eigenvalue weighted by atomic mass is 9.78. The molecule has 108 valence electrons. The van der Waals surface area contributed by atoms with Crippen molar-refractivity contribution < 1.29 is 9.84 Å². The minimum absolute atomic E-state index is 0.190. The number of halogens is 1. The number of nitrogens with zero attached hydrogens (tertiary/aromatic N) is 2. The second-order valence-corrected chi connectivity index (χ2v) is 6.88. The van der Waals surface area contributed by atoms with Crippen LogP contribution in [-0.2, 0) is 11.3 Å². The van der Waals surface area contributed by atoms with Crippen LogP contribution in [0.1, 0.15) is 44.9 Å². The standard InChI is InChI=1S/C14H23BrN2O2/c1-14(2)6-4-5-10(14)13(18)12-11(15)9-16-17(12)7-8-19-3/h9-10,13,18H,4-8H2,1-3H3. The Bertz CT molecular complexity index is 431. The van der Waals surface area contributed by atoms with Crippen LogP contribution in [0.3, 0.4) is 0 Å². The SMILES string of the molecule is COCCn1ncc(Br)c1C(O)C1CCCC1(C)C. The average molecular weight is 331 g/mol. The number of aromatic nitrogens is 2. The quantitative estimate of drug-likeness (QED) is 0.902. The largest absolute Gasteiger partial charge is 0.386 e. The molecule has 2 rings (SSSR count). The van der Waals surface area contributed by atoms with Crippen LogP contribution in [0.15, 0.2) is 10.7 Å². The second kappa shape index (κ2) is 5.94. The zero-order chi connectivity index (χ0) is 14.0. The molecule has 2 atom stereocenters. The summed E-state index contributed by atoms with van der Waals surface area (Å²) in [4.78, 5) is 0. The monoisotopic (exact) mass is 330 g/mol. The van der Waals surface area contributed by atoms with Gasteiger partial charge in [0.2, 0.25) is 0 Å². The summed E-state index contributed by atoms with van der Waals surface area (Å²) in [6.07, 6.45) is 4.75. The van der Waals surface area contributed by atoms with E-state index in [1.807, 2.05) is 4.68 Å². The highest BCUT2D eigenvalue weighted by atomic mass is 79.9. The highest BCUT2D eigenvalue weighted by Crippen LogP contribution is 2.49. The Morgan fingerprint density at radius 2 is 2.37 bits per heavy atom. The van der Waals surface area contributed by atoms with Crippen LogP contribution in [0, 0.1) is 11.3 Å². The van der Waals surface area contributed by atoms with Crippen LogP contribution in [0.5, 0.6) is 0 Å². The summed E-state index contributed by atoms with van der Waals surface area (Å²) in [5, 5.41) is 15.1. The van der Waals surface area contributed by atoms with E-state index in [1.54, 1.807) is 13.3 Å². The molecule has 19 heavy (non-hydrogen) atoms. The zero-order valence-corrected chi connectivity index (χ0v) is 13.5. The molecule has 0 amide bonds. The van der Waals surface area contributed by atoms with Crippen molar-refractivity contribution in [1.82, 2.24) is 9.78 Å². The molecule has 0 spiro atoms. The van der Waals surface area contributed by atoms with E-state index < -0.39 is 6.10 Å². The van der Waals surface area contributed by atoms with Gasteiger partial charge in [0.1, 0.15) is 6.10 Å². The van der Waals surface area contributed by atoms with Gasteiger partial charge in [-0.3, -0.25) is 4.68 Å². The fourth-order valence-electron chi connectivity index (χ4n) is 3.15. The molecule has 1 aliphatic carbocycles. The van der Waals surface area contributed by atoms with Gasteiger partial charge in [0.15, 0.2) is 0 Å². The third-order valence-corrected chi connectivity index (χ3v) is 4.95. The first-order valence-corrected chi connectivity index (χ1v) is 7.65. The molecular formula is C14H23BrN2O2. The molecule has 0 radical (unpaired) electrons. The van der Waals surface area contributed by atoms with E-state index in [-0.39, 0.29) is 5.41 Å². The summed E-state index contributed by atoms with van der Waals surface area (Å²) in [6.45, 7) is 5.76. The number of ether oxygens (including phenoxy) is 1. The highest BCUT2D eigenvalue weighted by molar-refractivity contribution is 9.10. The van der Waals surface area contributed by atoms with Crippen molar-refractivity contribution in [3.05, 3.63) is 16.4 Å². The fraction of sp³-hybridized carbons (Fsp3) is 0.786. The Labute approximate surface area is 123 Å². The molecule has 0 saturated heterocycles. The van der Waals surface area contributed by atoms with Crippen molar-refractivity contribution in [2.24, 2.45) is 11.3 Å². The second-order valence-electron chi connectivity index (χ2n) is 6.03. The van der Waals surface area contributed by atoms with Crippen molar-refractivity contribution >= 4 is 15.9 Å². The molecule has 2 unspecified atom stereocenters. The van der Waals surface area contributed by atoms with Gasteiger partial charge in [-0.05, 0) is 40.1 Å². The third kappa shape index (κ3) is 3.03. The van der Waals surface area contributed by atoms with Gasteiger partial charge >= 0.3 is 0 Å². The van der Waals surface area contributed by atoms with Crippen LogP contribution < -0.4 is 0 Å². The first-order chi connectivity index (χ1) is 8.97. The van der Waals surface area contributed by atoms with Gasteiger partial charge in [-0.15, -0.1) is 0 Å². The molecule has 4 nitrogen and oxygen atoms in total. The van der Waals surface area contributed by atoms with Crippen molar-refractivity contribution in [1.29, 1.82) is 0 Å². The van der Waals surface area contributed by atoms with Crippen LogP contribution in [-0.4, -0.2) is 28.6 Å². The van der Waals surface area contributed by atoms with Gasteiger partial charge < -0.3 is 9.84 Å². The predicted octanol–water partition coefficient (Wildman–Crippen LogP) is 3.15. The van der Waals surface area contributed by atoms with E-state index in [2.05, 4.69) is 34.9 Å². The first-order valence-electron chi connectivity index (χ1n) is 6.85. The maximum Gasteiger partial charge on any atom is 0.100 e. The van der Waals surface area contributed by atoms with E-state index in [9.17, 15) is 5.11 Å². The first kappa shape index (κ1) is 15.0. The minimum atomic E-state index is -0.466. The molecule has 1 aromatic heterocycles. The minimum Gasteiger partial charge on any atom is -0.386 e. The maximum atomic E-state index is 10.8. The average Bonchev–Trinajstić information content (AvgIpc) is 2.88. The van der Waals surface area contributed by atoms with Gasteiger partial charge in [-0.25, -0.2) is 0 Å². The van der Waals surface area contributed by atoms with Crippen LogP contribution in [0.2, 0.25) is 0 Å². The Balaban J connectivity index is 2.23. The third-order valence-electron chi connectivity index (χ3n) is 4.34. The smallest absolute Gasteiger partial charge is 0.100 e. The number of hydrogen-bond acceptors (Lipinski definition) is 3. The normalized spacial score (nSPS) is 23.7. The van der Waals surface area contributed by atoms with Gasteiger partial charge in [0.25, 0.3) is 0 Å². The molecule has 0 bridgehead atoms. The zero-order valence-electron chi connectivity index (χ0n) is 11.9.